The number of anilines is 2. The van der Waals surface area contributed by atoms with Crippen molar-refractivity contribution in [1.29, 1.82) is 0 Å². The van der Waals surface area contributed by atoms with Crippen molar-refractivity contribution in [1.82, 2.24) is 9.88 Å². The van der Waals surface area contributed by atoms with E-state index in [1.54, 1.807) is 40.5 Å². The quantitative estimate of drug-likeness (QED) is 0.322. The van der Waals surface area contributed by atoms with Crippen LogP contribution in [0.15, 0.2) is 53.2 Å². The fourth-order valence-corrected chi connectivity index (χ4v) is 5.63. The van der Waals surface area contributed by atoms with Crippen LogP contribution < -0.4 is 25.3 Å². The molecule has 1 aliphatic heterocycles. The van der Waals surface area contributed by atoms with Gasteiger partial charge < -0.3 is 30.2 Å². The van der Waals surface area contributed by atoms with Gasteiger partial charge in [-0.15, -0.1) is 11.3 Å². The zero-order valence-corrected chi connectivity index (χ0v) is 21.8. The number of ether oxygens (including phenoxy) is 3. The van der Waals surface area contributed by atoms with Gasteiger partial charge in [-0.3, -0.25) is 4.79 Å². The summed E-state index contributed by atoms with van der Waals surface area (Å²) in [5.41, 5.74) is 9.95. The van der Waals surface area contributed by atoms with Gasteiger partial charge in [0.15, 0.2) is 16.5 Å². The first-order valence-corrected chi connectivity index (χ1v) is 13.1. The highest BCUT2D eigenvalue weighted by molar-refractivity contribution is 7.13. The van der Waals surface area contributed by atoms with E-state index in [9.17, 15) is 9.59 Å². The number of thiazole rings is 1. The van der Waals surface area contributed by atoms with Crippen LogP contribution in [-0.2, 0) is 13.0 Å². The van der Waals surface area contributed by atoms with Gasteiger partial charge in [0.25, 0.3) is 5.91 Å². The Hall–Kier alpha value is -4.09. The largest absolute Gasteiger partial charge is 0.493 e. The van der Waals surface area contributed by atoms with Crippen LogP contribution in [0.2, 0.25) is 0 Å². The average molecular weight is 537 g/mol. The molecule has 0 bridgehead atoms. The number of amides is 2. The smallest absolute Gasteiger partial charge is 0.415 e. The first-order valence-electron chi connectivity index (χ1n) is 11.4. The van der Waals surface area contributed by atoms with E-state index in [0.29, 0.717) is 53.1 Å². The minimum absolute atomic E-state index is 0.308. The molecule has 190 valence electrons. The lowest BCUT2D eigenvalue weighted by atomic mass is 10.1. The Morgan fingerprint density at radius 2 is 1.89 bits per heavy atom. The van der Waals surface area contributed by atoms with Crippen molar-refractivity contribution >= 4 is 46.0 Å². The zero-order valence-electron chi connectivity index (χ0n) is 20.1. The van der Waals surface area contributed by atoms with Crippen LogP contribution in [0.25, 0.3) is 11.1 Å². The molecule has 0 spiro atoms. The van der Waals surface area contributed by atoms with Gasteiger partial charge in [-0.05, 0) is 52.2 Å². The second-order valence-corrected chi connectivity index (χ2v) is 10.1. The molecule has 37 heavy (non-hydrogen) atoms. The maximum absolute atomic E-state index is 13.0. The van der Waals surface area contributed by atoms with Crippen molar-refractivity contribution in [3.05, 3.63) is 68.8 Å². The summed E-state index contributed by atoms with van der Waals surface area (Å²) in [5.74, 6) is 1.02. The Bertz CT molecular complexity index is 1450. The summed E-state index contributed by atoms with van der Waals surface area (Å²) in [4.78, 5) is 32.8. The lowest BCUT2D eigenvalue weighted by molar-refractivity contribution is 0.102. The maximum Gasteiger partial charge on any atom is 0.415 e. The number of nitrogens with two attached hydrogens (primary N) is 1. The van der Waals surface area contributed by atoms with Crippen LogP contribution >= 0.6 is 22.7 Å². The van der Waals surface area contributed by atoms with E-state index in [0.717, 1.165) is 21.7 Å². The number of aromatic nitrogens is 1. The number of carbonyl (C=O) groups excluding carboxylic acids is 2. The zero-order chi connectivity index (χ0) is 25.9. The predicted octanol–water partition coefficient (Wildman–Crippen LogP) is 5.28. The summed E-state index contributed by atoms with van der Waals surface area (Å²) in [5, 5.41) is 7.24. The molecule has 0 saturated carbocycles. The van der Waals surface area contributed by atoms with E-state index in [1.165, 1.54) is 25.6 Å². The average Bonchev–Trinajstić information content (AvgIpc) is 3.60. The Labute approximate surface area is 221 Å². The Balaban J connectivity index is 1.26. The van der Waals surface area contributed by atoms with Crippen molar-refractivity contribution in [3.8, 4) is 28.4 Å². The molecule has 11 heteroatoms. The molecule has 2 aromatic carbocycles. The van der Waals surface area contributed by atoms with Gasteiger partial charge in [0.2, 0.25) is 0 Å². The number of methoxy groups -OCH3 is 2. The van der Waals surface area contributed by atoms with E-state index in [1.807, 2.05) is 29.0 Å². The Morgan fingerprint density at radius 3 is 2.65 bits per heavy atom. The summed E-state index contributed by atoms with van der Waals surface area (Å²) in [6.45, 7) is 0.738. The predicted molar refractivity (Wildman–Crippen MR) is 144 cm³/mol. The first kappa shape index (κ1) is 24.6. The summed E-state index contributed by atoms with van der Waals surface area (Å²) >= 11 is 2.86. The molecular formula is C26H24N4O5S2. The minimum Gasteiger partial charge on any atom is -0.493 e. The van der Waals surface area contributed by atoms with Crippen molar-refractivity contribution < 1.29 is 23.8 Å². The van der Waals surface area contributed by atoms with Crippen molar-refractivity contribution in [2.45, 2.75) is 13.0 Å². The SMILES string of the molecule is COc1ccc(OC(=O)N2CCc3nc(C(=O)Nc4cc(-c5ccsc5)ccc4N)sc3C2)cc1OC. The van der Waals surface area contributed by atoms with Crippen LogP contribution in [0.4, 0.5) is 16.2 Å². The van der Waals surface area contributed by atoms with Gasteiger partial charge in [0.05, 0.1) is 37.8 Å². The number of fused-ring (bicyclic) bond motifs is 1. The van der Waals surface area contributed by atoms with Gasteiger partial charge in [-0.25, -0.2) is 9.78 Å². The van der Waals surface area contributed by atoms with Crippen LogP contribution in [0.3, 0.4) is 0 Å². The topological polar surface area (TPSA) is 116 Å². The van der Waals surface area contributed by atoms with E-state index in [4.69, 9.17) is 19.9 Å². The molecule has 0 atom stereocenters. The maximum atomic E-state index is 13.0. The van der Waals surface area contributed by atoms with Crippen molar-refractivity contribution in [3.63, 3.8) is 0 Å². The molecule has 0 unspecified atom stereocenters. The summed E-state index contributed by atoms with van der Waals surface area (Å²) in [7, 11) is 3.05. The molecule has 2 amide bonds. The van der Waals surface area contributed by atoms with E-state index < -0.39 is 6.09 Å². The lowest BCUT2D eigenvalue weighted by Crippen LogP contribution is -2.37. The van der Waals surface area contributed by atoms with E-state index in [-0.39, 0.29) is 5.91 Å². The molecular weight excluding hydrogens is 512 g/mol. The second-order valence-electron chi connectivity index (χ2n) is 8.21. The van der Waals surface area contributed by atoms with Gasteiger partial charge in [0.1, 0.15) is 5.75 Å². The highest BCUT2D eigenvalue weighted by atomic mass is 32.1. The fraction of sp³-hybridized carbons (Fsp3) is 0.192. The molecule has 9 nitrogen and oxygen atoms in total. The third-order valence-corrected chi connectivity index (χ3v) is 7.66. The number of carbonyl (C=O) groups is 2. The molecule has 3 N–H and O–H groups in total. The van der Waals surface area contributed by atoms with Crippen LogP contribution in [0.5, 0.6) is 17.2 Å². The van der Waals surface area contributed by atoms with Gasteiger partial charge in [-0.2, -0.15) is 11.3 Å². The first-order chi connectivity index (χ1) is 17.9. The molecule has 0 fully saturated rings. The lowest BCUT2D eigenvalue weighted by Gasteiger charge is -2.25. The minimum atomic E-state index is -0.490. The molecule has 0 radical (unpaired) electrons. The number of hydrogen-bond acceptors (Lipinski definition) is 9. The standard InChI is InChI=1S/C26H24N4O5S2/c1-33-21-6-4-17(12-22(21)34-2)35-26(32)30-9-7-19-23(13-30)37-25(29-19)24(31)28-20-11-15(3-5-18(20)27)16-8-10-36-14-16/h3-6,8,10-12,14H,7,9,13,27H2,1-2H3,(H,28,31). The van der Waals surface area contributed by atoms with Crippen LogP contribution in [-0.4, -0.2) is 42.6 Å². The number of rotatable bonds is 6. The molecule has 2 aromatic heterocycles. The number of nitrogen functional groups attached to an aromatic ring is 1. The number of hydrogen-bond donors (Lipinski definition) is 2. The van der Waals surface area contributed by atoms with E-state index in [2.05, 4.69) is 10.3 Å². The molecule has 0 saturated heterocycles. The molecule has 1 aliphatic rings. The Kier molecular flexibility index (Phi) is 6.97. The van der Waals surface area contributed by atoms with Crippen molar-refractivity contribution in [2.24, 2.45) is 0 Å². The third kappa shape index (κ3) is 5.23. The van der Waals surface area contributed by atoms with E-state index >= 15 is 0 Å². The highest BCUT2D eigenvalue weighted by Gasteiger charge is 2.27. The highest BCUT2D eigenvalue weighted by Crippen LogP contribution is 2.33. The normalized spacial score (nSPS) is 12.5. The monoisotopic (exact) mass is 536 g/mol. The molecule has 4 aromatic rings. The number of benzene rings is 2. The molecule has 0 aliphatic carbocycles. The van der Waals surface area contributed by atoms with Crippen LogP contribution in [0.1, 0.15) is 20.4 Å². The van der Waals surface area contributed by atoms with Gasteiger partial charge >= 0.3 is 6.09 Å². The number of nitrogens with one attached hydrogen (secondary N) is 1. The van der Waals surface area contributed by atoms with Gasteiger partial charge in [0, 0.05) is 23.9 Å². The second kappa shape index (κ2) is 10.5. The van der Waals surface area contributed by atoms with Crippen LogP contribution in [0, 0.1) is 0 Å². The summed E-state index contributed by atoms with van der Waals surface area (Å²) in [6.07, 6.45) is 0.0333. The summed E-state index contributed by atoms with van der Waals surface area (Å²) in [6, 6.07) is 12.5. The number of thiophene rings is 1. The number of nitrogens with zero attached hydrogens (tertiary/aromatic N) is 2. The fourth-order valence-electron chi connectivity index (χ4n) is 3.94. The summed E-state index contributed by atoms with van der Waals surface area (Å²) < 4.78 is 16.0. The van der Waals surface area contributed by atoms with Crippen molar-refractivity contribution in [2.75, 3.05) is 31.8 Å². The third-order valence-electron chi connectivity index (χ3n) is 5.90. The van der Waals surface area contributed by atoms with Gasteiger partial charge in [-0.1, -0.05) is 6.07 Å². The molecule has 5 rings (SSSR count). The molecule has 3 heterocycles. The Morgan fingerprint density at radius 1 is 1.05 bits per heavy atom.